The van der Waals surface area contributed by atoms with E-state index in [0.29, 0.717) is 65.9 Å². The fraction of sp³-hybridized carbons (Fsp3) is 0.333. The molecule has 2 aromatic carbocycles. The summed E-state index contributed by atoms with van der Waals surface area (Å²) in [4.78, 5) is 34.8. The van der Waals surface area contributed by atoms with Crippen molar-refractivity contribution in [3.8, 4) is 5.75 Å². The highest BCUT2D eigenvalue weighted by molar-refractivity contribution is 6.31. The van der Waals surface area contributed by atoms with Crippen molar-refractivity contribution < 1.29 is 23.5 Å². The van der Waals surface area contributed by atoms with Crippen molar-refractivity contribution in [1.82, 2.24) is 14.9 Å². The molecule has 0 radical (unpaired) electrons. The van der Waals surface area contributed by atoms with E-state index in [1.807, 2.05) is 11.9 Å². The monoisotopic (exact) mass is 539 g/mol. The van der Waals surface area contributed by atoms with Crippen LogP contribution in [0.3, 0.4) is 0 Å². The van der Waals surface area contributed by atoms with Crippen molar-refractivity contribution in [3.05, 3.63) is 59.7 Å². The molecule has 3 aromatic rings. The largest absolute Gasteiger partial charge is 0.491 e. The van der Waals surface area contributed by atoms with E-state index in [1.165, 1.54) is 24.5 Å². The molecule has 1 aliphatic heterocycles. The van der Waals surface area contributed by atoms with E-state index >= 15 is 0 Å². The summed E-state index contributed by atoms with van der Waals surface area (Å²) in [5, 5.41) is 6.67. The Morgan fingerprint density at radius 1 is 1.29 bits per heavy atom. The first-order chi connectivity index (χ1) is 18.4. The van der Waals surface area contributed by atoms with Gasteiger partial charge in [-0.25, -0.2) is 14.4 Å². The molecule has 1 aromatic heterocycles. The topological polar surface area (TPSA) is 106 Å². The van der Waals surface area contributed by atoms with Gasteiger partial charge in [0.1, 0.15) is 30.3 Å². The van der Waals surface area contributed by atoms with Crippen LogP contribution in [-0.2, 0) is 14.3 Å². The zero-order valence-electron chi connectivity index (χ0n) is 20.7. The third kappa shape index (κ3) is 6.38. The molecule has 0 spiro atoms. The Kier molecular flexibility index (Phi) is 7.71. The van der Waals surface area contributed by atoms with Crippen LogP contribution < -0.4 is 15.4 Å². The quantitative estimate of drug-likeness (QED) is 0.282. The van der Waals surface area contributed by atoms with Gasteiger partial charge < -0.3 is 20.1 Å². The van der Waals surface area contributed by atoms with Crippen molar-refractivity contribution in [3.63, 3.8) is 0 Å². The number of cyclic esters (lactones) is 1. The Hall–Kier alpha value is -3.76. The third-order valence-electron chi connectivity index (χ3n) is 6.47. The number of halogens is 2. The van der Waals surface area contributed by atoms with Crippen molar-refractivity contribution in [2.45, 2.75) is 25.3 Å². The molecule has 1 atom stereocenters. The number of carbonyl (C=O) groups excluding carboxylic acids is 2. The van der Waals surface area contributed by atoms with Crippen LogP contribution in [0.1, 0.15) is 19.3 Å². The summed E-state index contributed by atoms with van der Waals surface area (Å²) in [7, 11) is 1.88. The number of nitrogens with one attached hydrogen (secondary N) is 2. The lowest BCUT2D eigenvalue weighted by molar-refractivity contribution is -0.137. The average molecular weight is 540 g/mol. The molecule has 0 bridgehead atoms. The molecule has 2 N–H and O–H groups in total. The Morgan fingerprint density at radius 2 is 2.13 bits per heavy atom. The van der Waals surface area contributed by atoms with Crippen LogP contribution in [0.25, 0.3) is 10.9 Å². The van der Waals surface area contributed by atoms with Crippen molar-refractivity contribution >= 4 is 51.6 Å². The van der Waals surface area contributed by atoms with Gasteiger partial charge >= 0.3 is 5.97 Å². The Bertz CT molecular complexity index is 1400. The molecule has 1 saturated carbocycles. The lowest BCUT2D eigenvalue weighted by Crippen LogP contribution is -2.32. The van der Waals surface area contributed by atoms with Gasteiger partial charge in [-0.15, -0.1) is 0 Å². The number of nitrogens with zero attached hydrogens (tertiary/aromatic N) is 3. The minimum atomic E-state index is -0.517. The number of ether oxygens (including phenoxy) is 2. The van der Waals surface area contributed by atoms with E-state index in [4.69, 9.17) is 21.1 Å². The van der Waals surface area contributed by atoms with Gasteiger partial charge in [0.2, 0.25) is 5.91 Å². The van der Waals surface area contributed by atoms with E-state index in [1.54, 1.807) is 24.3 Å². The van der Waals surface area contributed by atoms with Crippen LogP contribution >= 0.6 is 11.6 Å². The maximum absolute atomic E-state index is 13.6. The molecule has 38 heavy (non-hydrogen) atoms. The number of likely N-dealkylation sites (N-methyl/N-ethyl adjacent to an activating group) is 1. The zero-order chi connectivity index (χ0) is 26.6. The lowest BCUT2D eigenvalue weighted by atomic mass is 10.1. The molecule has 5 rings (SSSR count). The predicted molar refractivity (Wildman–Crippen MR) is 142 cm³/mol. The molecule has 2 fully saturated rings. The summed E-state index contributed by atoms with van der Waals surface area (Å²) in [5.74, 6) is 0.439. The number of benzene rings is 2. The van der Waals surface area contributed by atoms with E-state index in [0.717, 1.165) is 12.8 Å². The minimum Gasteiger partial charge on any atom is -0.491 e. The number of anilines is 3. The number of hydrogen-bond donors (Lipinski definition) is 2. The van der Waals surface area contributed by atoms with Gasteiger partial charge in [-0.05, 0) is 50.1 Å². The van der Waals surface area contributed by atoms with E-state index in [2.05, 4.69) is 20.6 Å². The van der Waals surface area contributed by atoms with Crippen LogP contribution in [-0.4, -0.2) is 59.6 Å². The molecule has 2 heterocycles. The van der Waals surface area contributed by atoms with Crippen LogP contribution in [0, 0.1) is 11.7 Å². The van der Waals surface area contributed by atoms with Gasteiger partial charge in [0.05, 0.1) is 35.3 Å². The summed E-state index contributed by atoms with van der Waals surface area (Å²) < 4.78 is 24.7. The fourth-order valence-corrected chi connectivity index (χ4v) is 4.22. The summed E-state index contributed by atoms with van der Waals surface area (Å²) in [5.41, 5.74) is 1.65. The van der Waals surface area contributed by atoms with Crippen molar-refractivity contribution in [2.75, 3.05) is 37.4 Å². The Labute approximate surface area is 224 Å². The molecule has 9 nitrogen and oxygen atoms in total. The molecular formula is C27H27ClFN5O4. The molecular weight excluding hydrogens is 513 g/mol. The van der Waals surface area contributed by atoms with Crippen molar-refractivity contribution in [1.29, 1.82) is 0 Å². The molecule has 1 unspecified atom stereocenters. The second kappa shape index (κ2) is 11.3. The highest BCUT2D eigenvalue weighted by Crippen LogP contribution is 2.36. The SMILES string of the molecule is CN(C/C=C/C(=O)Nc1cc2c(Nc3ccc(F)c(Cl)c3)ncnc2cc1OCC1CC1)C1COC(=O)C1. The van der Waals surface area contributed by atoms with Gasteiger partial charge in [0.25, 0.3) is 0 Å². The Morgan fingerprint density at radius 3 is 2.87 bits per heavy atom. The van der Waals surface area contributed by atoms with E-state index in [9.17, 15) is 14.0 Å². The first-order valence-corrected chi connectivity index (χ1v) is 12.7. The second-order valence-electron chi connectivity index (χ2n) is 9.47. The number of hydrogen-bond acceptors (Lipinski definition) is 8. The second-order valence-corrected chi connectivity index (χ2v) is 9.88. The maximum Gasteiger partial charge on any atom is 0.307 e. The summed E-state index contributed by atoms with van der Waals surface area (Å²) in [6, 6.07) is 7.82. The maximum atomic E-state index is 13.6. The van der Waals surface area contributed by atoms with Gasteiger partial charge in [0, 0.05) is 29.8 Å². The number of esters is 1. The van der Waals surface area contributed by atoms with E-state index in [-0.39, 0.29) is 22.9 Å². The van der Waals surface area contributed by atoms with Gasteiger partial charge in [0.15, 0.2) is 0 Å². The number of aromatic nitrogens is 2. The third-order valence-corrected chi connectivity index (χ3v) is 6.76. The van der Waals surface area contributed by atoms with Crippen LogP contribution in [0.4, 0.5) is 21.6 Å². The smallest absolute Gasteiger partial charge is 0.307 e. The van der Waals surface area contributed by atoms with Gasteiger partial charge in [-0.2, -0.15) is 0 Å². The molecule has 2 aliphatic rings. The molecule has 198 valence electrons. The molecule has 11 heteroatoms. The molecule has 1 saturated heterocycles. The fourth-order valence-electron chi connectivity index (χ4n) is 4.04. The van der Waals surface area contributed by atoms with Crippen LogP contribution in [0.2, 0.25) is 5.02 Å². The first-order valence-electron chi connectivity index (χ1n) is 12.3. The van der Waals surface area contributed by atoms with Crippen LogP contribution in [0.5, 0.6) is 5.75 Å². The first kappa shape index (κ1) is 25.9. The number of rotatable bonds is 10. The summed E-state index contributed by atoms with van der Waals surface area (Å²) >= 11 is 5.93. The summed E-state index contributed by atoms with van der Waals surface area (Å²) in [6.07, 6.45) is 7.19. The number of fused-ring (bicyclic) bond motifs is 1. The van der Waals surface area contributed by atoms with Crippen LogP contribution in [0.15, 0.2) is 48.8 Å². The predicted octanol–water partition coefficient (Wildman–Crippen LogP) is 4.70. The average Bonchev–Trinajstić information content (AvgIpc) is 3.62. The standard InChI is InChI=1S/C27H27ClFN5O4/c1-34(18-10-26(36)38-14-18)8-2-3-25(35)33-23-11-19-22(12-24(23)37-13-16-4-5-16)30-15-31-27(19)32-17-6-7-21(29)20(28)9-17/h2-3,6-7,9,11-12,15-16,18H,4-5,8,10,13-14H2,1H3,(H,33,35)(H,30,31,32)/b3-2+. The Balaban J connectivity index is 1.35. The number of carbonyl (C=O) groups is 2. The molecule has 1 aliphatic carbocycles. The summed E-state index contributed by atoms with van der Waals surface area (Å²) in [6.45, 7) is 1.40. The zero-order valence-corrected chi connectivity index (χ0v) is 21.5. The van der Waals surface area contributed by atoms with Crippen molar-refractivity contribution in [2.24, 2.45) is 5.92 Å². The highest BCUT2D eigenvalue weighted by atomic mass is 35.5. The van der Waals surface area contributed by atoms with Gasteiger partial charge in [-0.1, -0.05) is 17.7 Å². The minimum absolute atomic E-state index is 0.0000326. The highest BCUT2D eigenvalue weighted by Gasteiger charge is 2.26. The number of amides is 1. The molecule has 1 amide bonds. The van der Waals surface area contributed by atoms with E-state index < -0.39 is 5.82 Å². The normalized spacial score (nSPS) is 17.3. The lowest BCUT2D eigenvalue weighted by Gasteiger charge is -2.19. The van der Waals surface area contributed by atoms with Gasteiger partial charge in [-0.3, -0.25) is 14.5 Å².